The number of methoxy groups -OCH3 is 2. The highest BCUT2D eigenvalue weighted by Crippen LogP contribution is 2.47. The van der Waals surface area contributed by atoms with Crippen molar-refractivity contribution < 1.29 is 28.0 Å². The molecule has 0 radical (unpaired) electrons. The smallest absolute Gasteiger partial charge is 0.286 e. The molecule has 1 aromatic heterocycles. The van der Waals surface area contributed by atoms with Crippen LogP contribution in [0.1, 0.15) is 76.6 Å². The molecule has 1 saturated carbocycles. The van der Waals surface area contributed by atoms with Crippen molar-refractivity contribution in [3.8, 4) is 5.75 Å². The summed E-state index contributed by atoms with van der Waals surface area (Å²) in [7, 11) is 1.62. The van der Waals surface area contributed by atoms with Gasteiger partial charge in [-0.3, -0.25) is 14.3 Å². The van der Waals surface area contributed by atoms with Gasteiger partial charge < -0.3 is 23.7 Å². The van der Waals surface area contributed by atoms with E-state index < -0.39 is 21.7 Å². The van der Waals surface area contributed by atoms with Crippen LogP contribution in [0.4, 0.5) is 5.69 Å². The van der Waals surface area contributed by atoms with E-state index in [4.69, 9.17) is 25.8 Å². The molecule has 4 aliphatic rings. The number of hydrogen-bond acceptors (Lipinski definition) is 7. The van der Waals surface area contributed by atoms with Gasteiger partial charge in [-0.25, -0.2) is 4.21 Å². The predicted octanol–water partition coefficient (Wildman–Crippen LogP) is 6.89. The van der Waals surface area contributed by atoms with E-state index in [1.165, 1.54) is 11.1 Å². The fourth-order valence-electron chi connectivity index (χ4n) is 8.60. The second-order valence-corrected chi connectivity index (χ2v) is 17.6. The van der Waals surface area contributed by atoms with Crippen molar-refractivity contribution in [2.45, 2.75) is 63.6 Å². The molecule has 12 heteroatoms. The van der Waals surface area contributed by atoms with E-state index in [9.17, 15) is 13.8 Å². The minimum Gasteiger partial charge on any atom is -0.490 e. The molecule has 278 valence electrons. The van der Waals surface area contributed by atoms with Gasteiger partial charge in [0.15, 0.2) is 0 Å². The molecule has 2 aliphatic heterocycles. The molecular formula is C40H49ClN4O6S. The molecule has 1 fully saturated rings. The predicted molar refractivity (Wildman–Crippen MR) is 204 cm³/mol. The van der Waals surface area contributed by atoms with E-state index in [2.05, 4.69) is 38.3 Å². The third-order valence-electron chi connectivity index (χ3n) is 11.4. The minimum atomic E-state index is -3.54. The number of aromatic nitrogens is 1. The summed E-state index contributed by atoms with van der Waals surface area (Å²) in [5.41, 5.74) is 4.49. The van der Waals surface area contributed by atoms with Crippen LogP contribution < -0.4 is 14.4 Å². The second-order valence-electron chi connectivity index (χ2n) is 15.2. The van der Waals surface area contributed by atoms with Gasteiger partial charge in [-0.1, -0.05) is 36.7 Å². The minimum absolute atomic E-state index is 0.00239. The Morgan fingerprint density at radius 2 is 2.02 bits per heavy atom. The van der Waals surface area contributed by atoms with Crippen LogP contribution in [0.25, 0.3) is 0 Å². The average molecular weight is 749 g/mol. The zero-order valence-electron chi connectivity index (χ0n) is 30.4. The fraction of sp³-hybridized carbons (Fsp3) is 0.500. The van der Waals surface area contributed by atoms with Gasteiger partial charge in [-0.2, -0.15) is 0 Å². The van der Waals surface area contributed by atoms with Crippen LogP contribution in [0.15, 0.2) is 65.2 Å². The lowest BCUT2D eigenvalue weighted by Crippen LogP contribution is -2.49. The van der Waals surface area contributed by atoms with Crippen LogP contribution in [-0.2, 0) is 44.9 Å². The van der Waals surface area contributed by atoms with Crippen molar-refractivity contribution >= 4 is 39.0 Å². The standard InChI is InChI=1S/C40H49ClN4O6S/c1-26-7-5-9-36(50-4)33-13-10-29(33)21-45-24-40(16-6-8-27-17-31(41)12-14-34(27)40)25-51-37-15-11-28(19-35(37)45)38(46)42-52(48,23-26)43-39(47)30-18-32(22-49-3)44(2)20-30/h5,9,11-12,14-15,17-20,26,29,33,36H,6-8,10,13,16,21-25H2,1-4H3,(H,42,43,46,47,48)/b9-5+/t26-,29-,33+,36-,40-,52?/m0/s1. The maximum Gasteiger partial charge on any atom is 0.286 e. The quantitative estimate of drug-likeness (QED) is 0.283. The monoisotopic (exact) mass is 748 g/mol. The highest BCUT2D eigenvalue weighted by atomic mass is 35.5. The summed E-state index contributed by atoms with van der Waals surface area (Å²) in [6, 6.07) is 13.3. The Morgan fingerprint density at radius 3 is 2.79 bits per heavy atom. The Balaban J connectivity index is 1.29. The van der Waals surface area contributed by atoms with Crippen molar-refractivity contribution in [3.05, 3.63) is 93.8 Å². The van der Waals surface area contributed by atoms with Gasteiger partial charge in [-0.05, 0) is 104 Å². The number of amides is 2. The maximum absolute atomic E-state index is 14.6. The first-order valence-corrected chi connectivity index (χ1v) is 20.3. The summed E-state index contributed by atoms with van der Waals surface area (Å²) in [6.07, 6.45) is 11.5. The summed E-state index contributed by atoms with van der Waals surface area (Å²) in [5.74, 6) is 0.0696. The molecule has 2 amide bonds. The number of carbonyl (C=O) groups is 2. The molecule has 2 bridgehead atoms. The Kier molecular flexibility index (Phi) is 10.6. The number of anilines is 1. The number of halogens is 1. The van der Waals surface area contributed by atoms with E-state index in [0.717, 1.165) is 55.1 Å². The molecule has 10 nitrogen and oxygen atoms in total. The third kappa shape index (κ3) is 7.42. The molecule has 7 rings (SSSR count). The van der Waals surface area contributed by atoms with Gasteiger partial charge in [0.1, 0.15) is 15.7 Å². The molecule has 1 unspecified atom stereocenters. The van der Waals surface area contributed by atoms with Crippen molar-refractivity contribution in [2.75, 3.05) is 44.6 Å². The molecule has 1 N–H and O–H groups in total. The number of aryl methyl sites for hydroxylation is 2. The van der Waals surface area contributed by atoms with Crippen LogP contribution in [0.5, 0.6) is 5.75 Å². The summed E-state index contributed by atoms with van der Waals surface area (Å²) in [6.45, 7) is 4.27. The topological polar surface area (TPSA) is 111 Å². The molecule has 0 saturated heterocycles. The number of rotatable bonds is 5. The van der Waals surface area contributed by atoms with Crippen LogP contribution in [0, 0.1) is 17.8 Å². The highest BCUT2D eigenvalue weighted by Gasteiger charge is 2.44. The van der Waals surface area contributed by atoms with Crippen molar-refractivity contribution in [1.82, 2.24) is 9.29 Å². The van der Waals surface area contributed by atoms with Gasteiger partial charge in [0.2, 0.25) is 0 Å². The zero-order chi connectivity index (χ0) is 36.6. The number of nitrogens with one attached hydrogen (secondary N) is 1. The Bertz CT molecular complexity index is 2000. The van der Waals surface area contributed by atoms with E-state index in [1.54, 1.807) is 37.1 Å². The molecule has 2 aliphatic carbocycles. The van der Waals surface area contributed by atoms with Crippen LogP contribution in [-0.4, -0.2) is 66.4 Å². The van der Waals surface area contributed by atoms with Crippen LogP contribution >= 0.6 is 11.6 Å². The number of carbonyl (C=O) groups excluding carboxylic acids is 2. The highest BCUT2D eigenvalue weighted by molar-refractivity contribution is 7.92. The number of ether oxygens (including phenoxy) is 3. The molecule has 52 heavy (non-hydrogen) atoms. The number of fused-ring (bicyclic) bond motifs is 4. The molecule has 3 heterocycles. The Morgan fingerprint density at radius 1 is 1.17 bits per heavy atom. The van der Waals surface area contributed by atoms with Crippen molar-refractivity contribution in [1.29, 1.82) is 0 Å². The number of hydrogen-bond donors (Lipinski definition) is 1. The van der Waals surface area contributed by atoms with E-state index in [-0.39, 0.29) is 23.2 Å². The molecule has 3 aromatic rings. The summed E-state index contributed by atoms with van der Waals surface area (Å²) in [5, 5.41) is 0.739. The first kappa shape index (κ1) is 36.7. The Hall–Kier alpha value is -3.64. The average Bonchev–Trinajstić information content (AvgIpc) is 3.39. The first-order valence-electron chi connectivity index (χ1n) is 18.3. The molecule has 2 aromatic carbocycles. The SMILES string of the molecule is COCc1cc(C(=O)NS2(=O)=NC(=O)c3ccc4c(c3)N(C[C@@H]3CC[C@H]3[C@@H](OC)/C=C/C[C@H](C)C2)C[C@@]2(CCCc3cc(Cl)ccc32)CO4)cn1C. The lowest BCUT2D eigenvalue weighted by atomic mass is 9.68. The van der Waals surface area contributed by atoms with Gasteiger partial charge >= 0.3 is 0 Å². The van der Waals surface area contributed by atoms with Gasteiger partial charge in [0.05, 0.1) is 36.3 Å². The van der Waals surface area contributed by atoms with E-state index in [0.29, 0.717) is 54.9 Å². The van der Waals surface area contributed by atoms with Gasteiger partial charge in [0, 0.05) is 62.2 Å². The van der Waals surface area contributed by atoms with Crippen molar-refractivity contribution in [2.24, 2.45) is 29.2 Å². The summed E-state index contributed by atoms with van der Waals surface area (Å²) >= 11 is 6.46. The van der Waals surface area contributed by atoms with Gasteiger partial charge in [-0.15, -0.1) is 4.36 Å². The largest absolute Gasteiger partial charge is 0.490 e. The number of benzene rings is 2. The maximum atomic E-state index is 14.6. The number of nitrogens with zero attached hydrogens (tertiary/aromatic N) is 3. The normalized spacial score (nSPS) is 29.5. The van der Waals surface area contributed by atoms with Gasteiger partial charge in [0.25, 0.3) is 11.8 Å². The third-order valence-corrected chi connectivity index (χ3v) is 13.7. The number of allylic oxidation sites excluding steroid dienone is 1. The zero-order valence-corrected chi connectivity index (χ0v) is 32.0. The molecule has 6 atom stereocenters. The fourth-order valence-corrected chi connectivity index (χ4v) is 10.7. The van der Waals surface area contributed by atoms with Crippen LogP contribution in [0.3, 0.4) is 0 Å². The summed E-state index contributed by atoms with van der Waals surface area (Å²) < 4.78 is 41.3. The first-order chi connectivity index (χ1) is 25.0. The van der Waals surface area contributed by atoms with E-state index >= 15 is 0 Å². The lowest BCUT2D eigenvalue weighted by Gasteiger charge is -2.46. The second kappa shape index (κ2) is 15.0. The Labute approximate surface area is 312 Å². The molecule has 1 spiro atoms. The van der Waals surface area contributed by atoms with E-state index in [1.807, 2.05) is 32.2 Å². The summed E-state index contributed by atoms with van der Waals surface area (Å²) in [4.78, 5) is 30.0. The molecular weight excluding hydrogens is 700 g/mol. The van der Waals surface area contributed by atoms with Crippen molar-refractivity contribution in [3.63, 3.8) is 0 Å². The van der Waals surface area contributed by atoms with Crippen LogP contribution in [0.2, 0.25) is 5.02 Å². The lowest BCUT2D eigenvalue weighted by molar-refractivity contribution is 0.0131.